The summed E-state index contributed by atoms with van der Waals surface area (Å²) in [5.74, 6) is 0.561. The van der Waals surface area contributed by atoms with Gasteiger partial charge in [0, 0.05) is 25.5 Å². The van der Waals surface area contributed by atoms with Gasteiger partial charge in [-0.2, -0.15) is 0 Å². The van der Waals surface area contributed by atoms with Gasteiger partial charge < -0.3 is 4.74 Å². The fraction of sp³-hybridized carbons (Fsp3) is 1.00. The molecule has 1 rings (SSSR count). The predicted molar refractivity (Wildman–Crippen MR) is 59.1 cm³/mol. The summed E-state index contributed by atoms with van der Waals surface area (Å²) in [7, 11) is -1.56. The van der Waals surface area contributed by atoms with Gasteiger partial charge in [-0.05, 0) is 12.3 Å². The van der Waals surface area contributed by atoms with Crippen molar-refractivity contribution in [1.29, 1.82) is 0 Å². The van der Waals surface area contributed by atoms with Crippen LogP contribution < -0.4 is 0 Å². The molecule has 6 heteroatoms. The van der Waals surface area contributed by atoms with Crippen LogP contribution in [-0.2, 0) is 14.8 Å². The van der Waals surface area contributed by atoms with E-state index in [0.717, 1.165) is 11.8 Å². The minimum absolute atomic E-state index is 0.0957. The molecular formula is C8H16BrNO3S. The first-order valence-corrected chi connectivity index (χ1v) is 7.36. The van der Waals surface area contributed by atoms with Crippen LogP contribution in [0.4, 0.5) is 0 Å². The molecule has 14 heavy (non-hydrogen) atoms. The lowest BCUT2D eigenvalue weighted by molar-refractivity contribution is 0.215. The quantitative estimate of drug-likeness (QED) is 0.698. The number of sulfonamides is 1. The molecule has 0 aromatic carbocycles. The Morgan fingerprint density at radius 2 is 2.29 bits per heavy atom. The number of ether oxygens (including phenoxy) is 1. The smallest absolute Gasteiger partial charge is 0.216 e. The summed E-state index contributed by atoms with van der Waals surface area (Å²) in [4.78, 5) is 0. The van der Waals surface area contributed by atoms with Gasteiger partial charge in [-0.1, -0.05) is 15.9 Å². The molecule has 4 nitrogen and oxygen atoms in total. The van der Waals surface area contributed by atoms with Crippen LogP contribution in [0.15, 0.2) is 0 Å². The Morgan fingerprint density at radius 3 is 2.79 bits per heavy atom. The molecule has 1 atom stereocenters. The Hall–Kier alpha value is 0.350. The average molecular weight is 286 g/mol. The second kappa shape index (κ2) is 5.44. The highest BCUT2D eigenvalue weighted by Gasteiger charge is 2.30. The molecule has 1 saturated heterocycles. The SMILES string of the molecule is COCCS(=O)(=O)N1CCC(CBr)C1. The van der Waals surface area contributed by atoms with Crippen LogP contribution in [0.25, 0.3) is 0 Å². The normalized spacial score (nSPS) is 24.3. The molecule has 0 aromatic heterocycles. The Bertz CT molecular complexity index is 268. The zero-order valence-electron chi connectivity index (χ0n) is 8.28. The van der Waals surface area contributed by atoms with E-state index in [1.807, 2.05) is 0 Å². The van der Waals surface area contributed by atoms with E-state index < -0.39 is 10.0 Å². The molecule has 0 aliphatic carbocycles. The van der Waals surface area contributed by atoms with Crippen molar-refractivity contribution in [2.75, 3.05) is 37.9 Å². The molecule has 1 heterocycles. The Kier molecular flexibility index (Phi) is 4.82. The van der Waals surface area contributed by atoms with Gasteiger partial charge in [0.05, 0.1) is 12.4 Å². The lowest BCUT2D eigenvalue weighted by Crippen LogP contribution is -2.32. The standard InChI is InChI=1S/C8H16BrNO3S/c1-13-4-5-14(11,12)10-3-2-8(6-9)7-10/h8H,2-7H2,1H3. The fourth-order valence-electron chi connectivity index (χ4n) is 1.49. The van der Waals surface area contributed by atoms with Gasteiger partial charge in [0.25, 0.3) is 0 Å². The summed E-state index contributed by atoms with van der Waals surface area (Å²) in [5, 5.41) is 0.878. The van der Waals surface area contributed by atoms with Crippen molar-refractivity contribution in [2.24, 2.45) is 5.92 Å². The molecule has 1 aliphatic heterocycles. The first kappa shape index (κ1) is 12.4. The summed E-state index contributed by atoms with van der Waals surface area (Å²) in [6, 6.07) is 0. The van der Waals surface area contributed by atoms with Gasteiger partial charge in [-0.3, -0.25) is 0 Å². The van der Waals surface area contributed by atoms with Crippen molar-refractivity contribution in [2.45, 2.75) is 6.42 Å². The maximum Gasteiger partial charge on any atom is 0.216 e. The number of hydrogen-bond donors (Lipinski definition) is 0. The summed E-state index contributed by atoms with van der Waals surface area (Å²) in [6.07, 6.45) is 0.956. The molecule has 0 saturated carbocycles. The van der Waals surface area contributed by atoms with Crippen LogP contribution in [0.5, 0.6) is 0 Å². The highest BCUT2D eigenvalue weighted by Crippen LogP contribution is 2.20. The summed E-state index contributed by atoms with van der Waals surface area (Å²) < 4.78 is 29.7. The van der Waals surface area contributed by atoms with E-state index in [1.165, 1.54) is 7.11 Å². The Labute approximate surface area is 93.8 Å². The van der Waals surface area contributed by atoms with E-state index in [-0.39, 0.29) is 12.4 Å². The van der Waals surface area contributed by atoms with Crippen molar-refractivity contribution in [3.05, 3.63) is 0 Å². The maximum atomic E-state index is 11.7. The minimum atomic E-state index is -3.08. The van der Waals surface area contributed by atoms with E-state index in [9.17, 15) is 8.42 Å². The molecule has 1 unspecified atom stereocenters. The van der Waals surface area contributed by atoms with Crippen LogP contribution in [0.3, 0.4) is 0 Å². The van der Waals surface area contributed by atoms with E-state index in [2.05, 4.69) is 15.9 Å². The van der Waals surface area contributed by atoms with Crippen molar-refractivity contribution in [3.63, 3.8) is 0 Å². The Morgan fingerprint density at radius 1 is 1.57 bits per heavy atom. The van der Waals surface area contributed by atoms with Crippen molar-refractivity contribution in [1.82, 2.24) is 4.31 Å². The summed E-state index contributed by atoms with van der Waals surface area (Å²) >= 11 is 3.38. The zero-order chi connectivity index (χ0) is 10.6. The van der Waals surface area contributed by atoms with Gasteiger partial charge in [-0.15, -0.1) is 0 Å². The monoisotopic (exact) mass is 285 g/mol. The number of rotatable bonds is 5. The zero-order valence-corrected chi connectivity index (χ0v) is 10.7. The molecule has 84 valence electrons. The summed E-state index contributed by atoms with van der Waals surface area (Å²) in [5.41, 5.74) is 0. The molecule has 0 bridgehead atoms. The highest BCUT2D eigenvalue weighted by atomic mass is 79.9. The van der Waals surface area contributed by atoms with Crippen molar-refractivity contribution in [3.8, 4) is 0 Å². The van der Waals surface area contributed by atoms with Gasteiger partial charge in [0.2, 0.25) is 10.0 Å². The second-order valence-electron chi connectivity index (χ2n) is 3.48. The molecule has 0 aromatic rings. The number of methoxy groups -OCH3 is 1. The fourth-order valence-corrected chi connectivity index (χ4v) is 3.48. The molecular weight excluding hydrogens is 270 g/mol. The third-order valence-corrected chi connectivity index (χ3v) is 5.12. The molecule has 1 aliphatic rings. The van der Waals surface area contributed by atoms with E-state index in [0.29, 0.717) is 19.0 Å². The van der Waals surface area contributed by atoms with Crippen LogP contribution >= 0.6 is 15.9 Å². The van der Waals surface area contributed by atoms with Gasteiger partial charge in [-0.25, -0.2) is 12.7 Å². The number of nitrogens with zero attached hydrogens (tertiary/aromatic N) is 1. The number of alkyl halides is 1. The average Bonchev–Trinajstić information content (AvgIpc) is 2.63. The minimum Gasteiger partial charge on any atom is -0.384 e. The number of hydrogen-bond acceptors (Lipinski definition) is 3. The predicted octanol–water partition coefficient (Wildman–Crippen LogP) is 0.679. The van der Waals surface area contributed by atoms with Crippen molar-refractivity contribution >= 4 is 26.0 Å². The first-order chi connectivity index (χ1) is 6.60. The highest BCUT2D eigenvalue weighted by molar-refractivity contribution is 9.09. The van der Waals surface area contributed by atoms with Gasteiger partial charge in [0.1, 0.15) is 0 Å². The third kappa shape index (κ3) is 3.18. The van der Waals surface area contributed by atoms with E-state index >= 15 is 0 Å². The van der Waals surface area contributed by atoms with E-state index in [4.69, 9.17) is 4.74 Å². The Balaban J connectivity index is 2.49. The summed E-state index contributed by atoms with van der Waals surface area (Å²) in [6.45, 7) is 1.58. The van der Waals surface area contributed by atoms with Crippen LogP contribution in [-0.4, -0.2) is 50.6 Å². The number of halogens is 1. The maximum absolute atomic E-state index is 11.7. The van der Waals surface area contributed by atoms with Crippen LogP contribution in [0.2, 0.25) is 0 Å². The molecule has 0 radical (unpaired) electrons. The van der Waals surface area contributed by atoms with Crippen LogP contribution in [0, 0.1) is 5.92 Å². The lowest BCUT2D eigenvalue weighted by Gasteiger charge is -2.15. The van der Waals surface area contributed by atoms with Gasteiger partial charge >= 0.3 is 0 Å². The molecule has 1 fully saturated rings. The molecule has 0 N–H and O–H groups in total. The molecule has 0 spiro atoms. The largest absolute Gasteiger partial charge is 0.384 e. The second-order valence-corrected chi connectivity index (χ2v) is 6.21. The first-order valence-electron chi connectivity index (χ1n) is 4.63. The van der Waals surface area contributed by atoms with Crippen LogP contribution in [0.1, 0.15) is 6.42 Å². The van der Waals surface area contributed by atoms with Crippen molar-refractivity contribution < 1.29 is 13.2 Å². The van der Waals surface area contributed by atoms with E-state index in [1.54, 1.807) is 4.31 Å². The third-order valence-electron chi connectivity index (χ3n) is 2.41. The topological polar surface area (TPSA) is 46.6 Å². The van der Waals surface area contributed by atoms with Gasteiger partial charge in [0.15, 0.2) is 0 Å². The molecule has 0 amide bonds. The lowest BCUT2D eigenvalue weighted by atomic mass is 10.2.